The van der Waals surface area contributed by atoms with Gasteiger partial charge in [-0.1, -0.05) is 30.3 Å². The Balaban J connectivity index is 2.59. The molecule has 0 radical (unpaired) electrons. The van der Waals surface area contributed by atoms with E-state index in [-0.39, 0.29) is 5.69 Å². The Morgan fingerprint density at radius 3 is 2.21 bits per heavy atom. The van der Waals surface area contributed by atoms with Gasteiger partial charge in [-0.15, -0.1) is 4.67 Å². The molecule has 0 bridgehead atoms. The molecule has 0 spiro atoms. The van der Waals surface area contributed by atoms with E-state index in [1.807, 2.05) is 6.07 Å². The van der Waals surface area contributed by atoms with Crippen molar-refractivity contribution < 1.29 is 9.49 Å². The van der Waals surface area contributed by atoms with Crippen LogP contribution in [0, 0.1) is 10.1 Å². The molecule has 0 N–H and O–H groups in total. The molecule has 0 fully saturated rings. The second-order valence-electron chi connectivity index (χ2n) is 3.86. The van der Waals surface area contributed by atoms with Crippen molar-refractivity contribution in [1.29, 1.82) is 0 Å². The molecule has 19 heavy (non-hydrogen) atoms. The van der Waals surface area contributed by atoms with Crippen molar-refractivity contribution in [3.05, 3.63) is 64.7 Å². The largest absolute Gasteiger partial charge is 0.463 e. The molecule has 96 valence electrons. The zero-order valence-corrected chi connectivity index (χ0v) is 11.2. The van der Waals surface area contributed by atoms with Crippen molar-refractivity contribution in [2.75, 3.05) is 11.3 Å². The molecule has 1 unspecified atom stereocenters. The van der Waals surface area contributed by atoms with E-state index in [2.05, 4.69) is 0 Å². The number of nitro groups is 1. The predicted molar refractivity (Wildman–Crippen MR) is 75.2 cm³/mol. The lowest BCUT2D eigenvalue weighted by atomic mass is 10.2. The monoisotopic (exact) mass is 275 g/mol. The lowest BCUT2D eigenvalue weighted by Gasteiger charge is -2.12. The third-order valence-electron chi connectivity index (χ3n) is 2.59. The highest BCUT2D eigenvalue weighted by molar-refractivity contribution is 7.46. The zero-order chi connectivity index (χ0) is 13.8. The highest BCUT2D eigenvalue weighted by Crippen LogP contribution is 2.42. The fourth-order valence-corrected chi connectivity index (χ4v) is 2.75. The number of hydrogen-bond acceptors (Lipinski definition) is 3. The van der Waals surface area contributed by atoms with E-state index in [0.29, 0.717) is 11.4 Å². The van der Waals surface area contributed by atoms with Crippen molar-refractivity contribution in [2.45, 2.75) is 0 Å². The summed E-state index contributed by atoms with van der Waals surface area (Å²) in [5, 5.41) is 11.1. The molecule has 0 saturated carbocycles. The van der Waals surface area contributed by atoms with E-state index in [9.17, 15) is 14.7 Å². The van der Waals surface area contributed by atoms with Gasteiger partial charge in [0.2, 0.25) is 0 Å². The van der Waals surface area contributed by atoms with Crippen molar-refractivity contribution in [3.63, 3.8) is 0 Å². The fourth-order valence-electron chi connectivity index (χ4n) is 1.82. The van der Waals surface area contributed by atoms with Crippen LogP contribution in [0.3, 0.4) is 0 Å². The maximum Gasteiger partial charge on any atom is 0.463 e. The maximum atomic E-state index is 12.0. The first kappa shape index (κ1) is 13.2. The number of benzene rings is 2. The summed E-state index contributed by atoms with van der Waals surface area (Å²) in [4.78, 5) is 10.6. The minimum atomic E-state index is -1.78. The first-order valence-electron chi connectivity index (χ1n) is 5.60. The lowest BCUT2D eigenvalue weighted by Crippen LogP contribution is -2.08. The molecule has 0 heterocycles. The molecule has 0 aliphatic heterocycles. The van der Waals surface area contributed by atoms with Gasteiger partial charge in [0.15, 0.2) is 12.4 Å². The van der Waals surface area contributed by atoms with Crippen LogP contribution in [0.15, 0.2) is 54.6 Å². The summed E-state index contributed by atoms with van der Waals surface area (Å²) < 4.78 is 13.5. The third kappa shape index (κ3) is 2.77. The van der Waals surface area contributed by atoms with Gasteiger partial charge in [-0.2, -0.15) is 0 Å². The topological polar surface area (TPSA) is 63.5 Å². The van der Waals surface area contributed by atoms with Gasteiger partial charge >= 0.3 is 7.95 Å². The summed E-state index contributed by atoms with van der Waals surface area (Å²) in [6.07, 6.45) is 0. The van der Waals surface area contributed by atoms with Crippen molar-refractivity contribution in [3.8, 4) is 0 Å². The van der Waals surface area contributed by atoms with Gasteiger partial charge < -0.3 is 0 Å². The number of anilines is 2. The standard InChI is InChI=1S/C13H12N2O3P/c1-19(18)14(11-7-3-2-4-8-11)12-9-5-6-10-13(12)15(16)17/h2-10H,1H3/q+1. The summed E-state index contributed by atoms with van der Waals surface area (Å²) >= 11 is 0. The van der Waals surface area contributed by atoms with E-state index < -0.39 is 12.9 Å². The van der Waals surface area contributed by atoms with E-state index in [1.165, 1.54) is 17.4 Å². The Morgan fingerprint density at radius 2 is 1.63 bits per heavy atom. The van der Waals surface area contributed by atoms with Crippen LogP contribution in [-0.2, 0) is 4.57 Å². The van der Waals surface area contributed by atoms with Crippen LogP contribution in [0.1, 0.15) is 0 Å². The highest BCUT2D eigenvalue weighted by atomic mass is 31.1. The Bertz CT molecular complexity index is 616. The van der Waals surface area contributed by atoms with Gasteiger partial charge in [0.25, 0.3) is 5.69 Å². The third-order valence-corrected chi connectivity index (χ3v) is 3.60. The number of nitrogens with zero attached hydrogens (tertiary/aromatic N) is 2. The maximum absolute atomic E-state index is 12.0. The van der Waals surface area contributed by atoms with Crippen LogP contribution in [-0.4, -0.2) is 11.6 Å². The molecule has 0 amide bonds. The summed E-state index contributed by atoms with van der Waals surface area (Å²) in [6, 6.07) is 15.3. The second-order valence-corrected chi connectivity index (χ2v) is 5.19. The molecule has 6 heteroatoms. The van der Waals surface area contributed by atoms with E-state index in [0.717, 1.165) is 0 Å². The van der Waals surface area contributed by atoms with Crippen LogP contribution < -0.4 is 4.67 Å². The molecular weight excluding hydrogens is 263 g/mol. The van der Waals surface area contributed by atoms with Crippen LogP contribution >= 0.6 is 7.95 Å². The van der Waals surface area contributed by atoms with Gasteiger partial charge in [0.1, 0.15) is 0 Å². The Morgan fingerprint density at radius 1 is 1.05 bits per heavy atom. The zero-order valence-electron chi connectivity index (χ0n) is 10.3. The average molecular weight is 275 g/mol. The molecule has 2 aromatic rings. The second kappa shape index (κ2) is 5.59. The molecule has 0 saturated heterocycles. The van der Waals surface area contributed by atoms with Crippen molar-refractivity contribution in [1.82, 2.24) is 0 Å². The first-order valence-corrected chi connectivity index (χ1v) is 7.26. The van der Waals surface area contributed by atoms with E-state index in [4.69, 9.17) is 0 Å². The van der Waals surface area contributed by atoms with Crippen molar-refractivity contribution >= 4 is 25.0 Å². The van der Waals surface area contributed by atoms with Crippen LogP contribution in [0.5, 0.6) is 0 Å². The molecular formula is C13H12N2O3P+. The number of para-hydroxylation sites is 3. The predicted octanol–water partition coefficient (Wildman–Crippen LogP) is 4.11. The van der Waals surface area contributed by atoms with Gasteiger partial charge in [-0.3, -0.25) is 10.1 Å². The molecule has 0 aliphatic carbocycles. The fraction of sp³-hybridized carbons (Fsp3) is 0.0769. The quantitative estimate of drug-likeness (QED) is 0.478. The van der Waals surface area contributed by atoms with Gasteiger partial charge in [0, 0.05) is 6.07 Å². The summed E-state index contributed by atoms with van der Waals surface area (Å²) in [5.41, 5.74) is 0.944. The number of nitro benzene ring substituents is 1. The highest BCUT2D eigenvalue weighted by Gasteiger charge is 2.30. The first-order chi connectivity index (χ1) is 9.11. The van der Waals surface area contributed by atoms with Crippen LogP contribution in [0.25, 0.3) is 0 Å². The van der Waals surface area contributed by atoms with Gasteiger partial charge in [-0.25, -0.2) is 0 Å². The minimum absolute atomic E-state index is 0.0587. The molecule has 5 nitrogen and oxygen atoms in total. The van der Waals surface area contributed by atoms with E-state index >= 15 is 0 Å². The summed E-state index contributed by atoms with van der Waals surface area (Å²) in [5.74, 6) is 0. The van der Waals surface area contributed by atoms with E-state index in [1.54, 1.807) is 42.5 Å². The summed E-state index contributed by atoms with van der Waals surface area (Å²) in [7, 11) is -1.78. The average Bonchev–Trinajstić information content (AvgIpc) is 2.40. The molecule has 2 aromatic carbocycles. The smallest absolute Gasteiger partial charge is 0.258 e. The molecule has 0 aliphatic rings. The molecule has 0 aromatic heterocycles. The Labute approximate surface area is 111 Å². The minimum Gasteiger partial charge on any atom is -0.258 e. The van der Waals surface area contributed by atoms with Gasteiger partial charge in [0.05, 0.1) is 10.6 Å². The number of hydrogen-bond donors (Lipinski definition) is 0. The number of rotatable bonds is 4. The molecule has 1 atom stereocenters. The molecule has 2 rings (SSSR count). The van der Waals surface area contributed by atoms with Crippen LogP contribution in [0.2, 0.25) is 0 Å². The Kier molecular flexibility index (Phi) is 3.88. The van der Waals surface area contributed by atoms with Crippen LogP contribution in [0.4, 0.5) is 17.1 Å². The van der Waals surface area contributed by atoms with Crippen molar-refractivity contribution in [2.24, 2.45) is 0 Å². The van der Waals surface area contributed by atoms with Gasteiger partial charge in [-0.05, 0) is 22.8 Å². The summed E-state index contributed by atoms with van der Waals surface area (Å²) in [6.45, 7) is 1.53. The Hall–Kier alpha value is -2.26. The SMILES string of the molecule is C[P+](=O)N(c1ccccc1)c1ccccc1[N+](=O)[O-]. The normalized spacial score (nSPS) is 10.9. The lowest BCUT2D eigenvalue weighted by molar-refractivity contribution is -0.384.